The molecule has 1 aromatic carbocycles. The second-order valence-corrected chi connectivity index (χ2v) is 4.58. The third-order valence-corrected chi connectivity index (χ3v) is 3.07. The molecule has 0 fully saturated rings. The Hall–Kier alpha value is -1.96. The first-order valence-corrected chi connectivity index (χ1v) is 5.93. The molecule has 0 aliphatic carbocycles. The van der Waals surface area contributed by atoms with Crippen LogP contribution in [0.1, 0.15) is 11.5 Å². The standard InChI is InChI=1S/C12H10F3N3OS/c1-18(2)10(20)8-5-3-7(4-6-8)9-16-11(19-17-9)12(13,14)15/h3-6H,1-2H3. The summed E-state index contributed by atoms with van der Waals surface area (Å²) in [4.78, 5) is 5.71. The van der Waals surface area contributed by atoms with Crippen molar-refractivity contribution in [3.8, 4) is 11.4 Å². The maximum Gasteiger partial charge on any atom is 0.471 e. The highest BCUT2D eigenvalue weighted by molar-refractivity contribution is 7.80. The summed E-state index contributed by atoms with van der Waals surface area (Å²) in [5.41, 5.74) is 1.21. The van der Waals surface area contributed by atoms with Crippen molar-refractivity contribution in [1.82, 2.24) is 15.0 Å². The maximum atomic E-state index is 12.4. The van der Waals surface area contributed by atoms with Gasteiger partial charge in [-0.2, -0.15) is 18.2 Å². The van der Waals surface area contributed by atoms with Gasteiger partial charge in [0.25, 0.3) is 0 Å². The van der Waals surface area contributed by atoms with Crippen LogP contribution in [0, 0.1) is 0 Å². The van der Waals surface area contributed by atoms with E-state index in [-0.39, 0.29) is 5.82 Å². The molecule has 0 N–H and O–H groups in total. The van der Waals surface area contributed by atoms with Crippen LogP contribution in [-0.4, -0.2) is 34.1 Å². The SMILES string of the molecule is CN(C)C(=S)c1ccc(-c2noc(C(F)(F)F)n2)cc1. The molecule has 0 aliphatic heterocycles. The Kier molecular flexibility index (Phi) is 3.76. The fourth-order valence-corrected chi connectivity index (χ4v) is 1.61. The number of aromatic nitrogens is 2. The number of hydrogen-bond acceptors (Lipinski definition) is 4. The van der Waals surface area contributed by atoms with E-state index >= 15 is 0 Å². The van der Waals surface area contributed by atoms with Gasteiger partial charge in [0.05, 0.1) is 0 Å². The lowest BCUT2D eigenvalue weighted by Crippen LogP contribution is -2.20. The molecule has 2 rings (SSSR count). The number of nitrogens with zero attached hydrogens (tertiary/aromatic N) is 3. The predicted octanol–water partition coefficient (Wildman–Crippen LogP) is 2.99. The Morgan fingerprint density at radius 3 is 2.25 bits per heavy atom. The molecule has 20 heavy (non-hydrogen) atoms. The summed E-state index contributed by atoms with van der Waals surface area (Å²) in [6.45, 7) is 0. The van der Waals surface area contributed by atoms with Gasteiger partial charge < -0.3 is 9.42 Å². The molecule has 0 atom stereocenters. The Morgan fingerprint density at radius 2 is 1.80 bits per heavy atom. The van der Waals surface area contributed by atoms with Crippen molar-refractivity contribution in [2.75, 3.05) is 14.1 Å². The van der Waals surface area contributed by atoms with E-state index in [0.717, 1.165) is 5.56 Å². The highest BCUT2D eigenvalue weighted by Crippen LogP contribution is 2.29. The molecular weight excluding hydrogens is 291 g/mol. The largest absolute Gasteiger partial charge is 0.471 e. The lowest BCUT2D eigenvalue weighted by atomic mass is 10.1. The van der Waals surface area contributed by atoms with Crippen LogP contribution < -0.4 is 0 Å². The molecule has 0 saturated heterocycles. The number of alkyl halides is 3. The highest BCUT2D eigenvalue weighted by atomic mass is 32.1. The second kappa shape index (κ2) is 5.20. The molecule has 8 heteroatoms. The lowest BCUT2D eigenvalue weighted by molar-refractivity contribution is -0.159. The molecule has 0 radical (unpaired) electrons. The maximum absolute atomic E-state index is 12.4. The van der Waals surface area contributed by atoms with Gasteiger partial charge in [-0.3, -0.25) is 0 Å². The monoisotopic (exact) mass is 301 g/mol. The van der Waals surface area contributed by atoms with E-state index in [9.17, 15) is 13.2 Å². The van der Waals surface area contributed by atoms with Crippen LogP contribution in [0.4, 0.5) is 13.2 Å². The van der Waals surface area contributed by atoms with E-state index in [1.807, 2.05) is 14.1 Å². The van der Waals surface area contributed by atoms with Gasteiger partial charge in [0.1, 0.15) is 4.99 Å². The molecular formula is C12H10F3N3OS. The van der Waals surface area contributed by atoms with Gasteiger partial charge in [0.15, 0.2) is 0 Å². The van der Waals surface area contributed by atoms with Crippen molar-refractivity contribution in [1.29, 1.82) is 0 Å². The molecule has 1 aromatic heterocycles. The second-order valence-electron chi connectivity index (χ2n) is 4.20. The zero-order valence-electron chi connectivity index (χ0n) is 10.6. The molecule has 0 spiro atoms. The summed E-state index contributed by atoms with van der Waals surface area (Å²) in [5, 5.41) is 3.31. The average Bonchev–Trinajstić information content (AvgIpc) is 2.87. The molecule has 0 bridgehead atoms. The number of benzene rings is 1. The van der Waals surface area contributed by atoms with Crippen molar-refractivity contribution in [3.63, 3.8) is 0 Å². The fourth-order valence-electron chi connectivity index (χ4n) is 1.48. The molecule has 0 saturated carbocycles. The fraction of sp³-hybridized carbons (Fsp3) is 0.250. The summed E-state index contributed by atoms with van der Waals surface area (Å²) < 4.78 is 41.2. The average molecular weight is 301 g/mol. The van der Waals surface area contributed by atoms with Crippen molar-refractivity contribution in [2.24, 2.45) is 0 Å². The minimum atomic E-state index is -4.64. The van der Waals surface area contributed by atoms with Gasteiger partial charge in [-0.05, 0) is 0 Å². The minimum absolute atomic E-state index is 0.111. The Bertz CT molecular complexity index is 620. The third-order valence-electron chi connectivity index (χ3n) is 2.46. The summed E-state index contributed by atoms with van der Waals surface area (Å²) >= 11 is 5.18. The number of halogens is 3. The van der Waals surface area contributed by atoms with E-state index in [0.29, 0.717) is 10.6 Å². The molecule has 0 aliphatic rings. The summed E-state index contributed by atoms with van der Waals surface area (Å²) in [5.74, 6) is -1.47. The Balaban J connectivity index is 2.27. The summed E-state index contributed by atoms with van der Waals surface area (Å²) in [6, 6.07) is 6.58. The minimum Gasteiger partial charge on any atom is -0.368 e. The third kappa shape index (κ3) is 2.96. The highest BCUT2D eigenvalue weighted by Gasteiger charge is 2.38. The van der Waals surface area contributed by atoms with Gasteiger partial charge in [0.2, 0.25) is 5.82 Å². The van der Waals surface area contributed by atoms with Crippen molar-refractivity contribution < 1.29 is 17.7 Å². The summed E-state index contributed by atoms with van der Waals surface area (Å²) in [6.07, 6.45) is -4.64. The topological polar surface area (TPSA) is 42.2 Å². The van der Waals surface area contributed by atoms with E-state index in [2.05, 4.69) is 14.7 Å². The normalized spacial score (nSPS) is 11.4. The number of thiocarbonyl (C=S) groups is 1. The van der Waals surface area contributed by atoms with E-state index in [4.69, 9.17) is 12.2 Å². The number of rotatable bonds is 2. The zero-order chi connectivity index (χ0) is 14.9. The van der Waals surface area contributed by atoms with Crippen LogP contribution in [0.2, 0.25) is 0 Å². The van der Waals surface area contributed by atoms with Crippen molar-refractivity contribution in [3.05, 3.63) is 35.7 Å². The molecule has 2 aromatic rings. The Morgan fingerprint density at radius 1 is 1.20 bits per heavy atom. The number of hydrogen-bond donors (Lipinski definition) is 0. The van der Waals surface area contributed by atoms with Gasteiger partial charge in [-0.25, -0.2) is 0 Å². The lowest BCUT2D eigenvalue weighted by Gasteiger charge is -2.13. The van der Waals surface area contributed by atoms with Crippen LogP contribution in [0.25, 0.3) is 11.4 Å². The van der Waals surface area contributed by atoms with Crippen LogP contribution in [0.15, 0.2) is 28.8 Å². The quantitative estimate of drug-likeness (QED) is 0.798. The first-order chi connectivity index (χ1) is 9.29. The van der Waals surface area contributed by atoms with Gasteiger partial charge in [-0.1, -0.05) is 41.6 Å². The zero-order valence-corrected chi connectivity index (χ0v) is 11.4. The van der Waals surface area contributed by atoms with Gasteiger partial charge >= 0.3 is 12.1 Å². The van der Waals surface area contributed by atoms with Crippen LogP contribution in [-0.2, 0) is 6.18 Å². The van der Waals surface area contributed by atoms with E-state index in [1.165, 1.54) is 0 Å². The van der Waals surface area contributed by atoms with Gasteiger partial charge in [-0.15, -0.1) is 0 Å². The van der Waals surface area contributed by atoms with Gasteiger partial charge in [0, 0.05) is 25.2 Å². The molecule has 106 valence electrons. The first-order valence-electron chi connectivity index (χ1n) is 5.52. The summed E-state index contributed by atoms with van der Waals surface area (Å²) in [7, 11) is 3.62. The van der Waals surface area contributed by atoms with Crippen LogP contribution in [0.3, 0.4) is 0 Å². The molecule has 1 heterocycles. The van der Waals surface area contributed by atoms with E-state index in [1.54, 1.807) is 29.2 Å². The smallest absolute Gasteiger partial charge is 0.368 e. The molecule has 4 nitrogen and oxygen atoms in total. The molecule has 0 amide bonds. The predicted molar refractivity (Wildman–Crippen MR) is 70.1 cm³/mol. The van der Waals surface area contributed by atoms with Crippen LogP contribution >= 0.6 is 12.2 Å². The molecule has 0 unspecified atom stereocenters. The van der Waals surface area contributed by atoms with E-state index < -0.39 is 12.1 Å². The Labute approximate surface area is 118 Å². The first kappa shape index (κ1) is 14.4. The van der Waals surface area contributed by atoms with Crippen LogP contribution in [0.5, 0.6) is 0 Å². The van der Waals surface area contributed by atoms with Crippen molar-refractivity contribution >= 4 is 17.2 Å². The van der Waals surface area contributed by atoms with Crippen molar-refractivity contribution in [2.45, 2.75) is 6.18 Å².